The minimum absolute atomic E-state index is 0.246. The maximum absolute atomic E-state index is 13.0. The van der Waals surface area contributed by atoms with E-state index in [1.165, 1.54) is 173 Å². The number of rotatable bonds is 47. The second kappa shape index (κ2) is 43.9. The van der Waals surface area contributed by atoms with E-state index in [1.807, 2.05) is 6.08 Å². The number of aliphatic hydroxyl groups is 8. The molecule has 0 spiro atoms. The largest absolute Gasteiger partial charge is 0.394 e. The number of ether oxygens (including phenoxy) is 4. The predicted octanol–water partition coefficient (Wildman–Crippen LogP) is 9.50. The molecule has 420 valence electrons. The molecule has 14 nitrogen and oxygen atoms in total. The van der Waals surface area contributed by atoms with Gasteiger partial charge in [-0.1, -0.05) is 238 Å². The standard InChI is InChI=1S/C57H109NO13/c1-3-5-7-9-11-12-13-14-15-16-17-18-19-20-21-22-23-24-25-26-27-28-29-30-31-32-33-34-35-36-38-40-46(61)45(58-49(62)41-39-37-10-8-6-4-2)44-68-56-54(67)52(65)55(48(43-60)70-56)71-57-53(66)51(64)50(63)47(42-59)69-57/h38,40,45-48,50-57,59-61,63-67H,3-37,39,41-44H2,1-2H3,(H,58,62)/b40-38+. The number of hydrogen-bond acceptors (Lipinski definition) is 13. The monoisotopic (exact) mass is 1020 g/mol. The third kappa shape index (κ3) is 30.2. The van der Waals surface area contributed by atoms with Crippen molar-refractivity contribution in [3.05, 3.63) is 12.2 Å². The highest BCUT2D eigenvalue weighted by Gasteiger charge is 2.51. The Balaban J connectivity index is 1.60. The van der Waals surface area contributed by atoms with Crippen molar-refractivity contribution < 1.29 is 64.6 Å². The van der Waals surface area contributed by atoms with E-state index >= 15 is 0 Å². The SMILES string of the molecule is CCCCCCCCCCCCCCCCCCCCCCCCCCCCCCC/C=C/C(O)C(COC1OC(CO)C(OC2OC(CO)C(O)C(O)C2O)C(O)C1O)NC(=O)CCCCCCCC. The van der Waals surface area contributed by atoms with E-state index in [1.54, 1.807) is 6.08 Å². The Labute approximate surface area is 431 Å². The summed E-state index contributed by atoms with van der Waals surface area (Å²) in [6.07, 6.45) is 33.3. The smallest absolute Gasteiger partial charge is 0.220 e. The molecule has 0 radical (unpaired) electrons. The van der Waals surface area contributed by atoms with Crippen molar-refractivity contribution in [3.8, 4) is 0 Å². The molecule has 14 heteroatoms. The Morgan fingerprint density at radius 1 is 0.493 bits per heavy atom. The van der Waals surface area contributed by atoms with Gasteiger partial charge in [-0.15, -0.1) is 0 Å². The van der Waals surface area contributed by atoms with Crippen molar-refractivity contribution in [2.24, 2.45) is 0 Å². The summed E-state index contributed by atoms with van der Waals surface area (Å²) in [5.74, 6) is -0.246. The van der Waals surface area contributed by atoms with Crippen LogP contribution in [-0.4, -0.2) is 140 Å². The minimum Gasteiger partial charge on any atom is -0.394 e. The Morgan fingerprint density at radius 3 is 1.30 bits per heavy atom. The molecule has 0 aromatic carbocycles. The van der Waals surface area contributed by atoms with Gasteiger partial charge in [-0.05, 0) is 19.3 Å². The number of allylic oxidation sites excluding steroid dienone is 1. The highest BCUT2D eigenvalue weighted by molar-refractivity contribution is 5.76. The lowest BCUT2D eigenvalue weighted by Gasteiger charge is -2.46. The molecule has 2 fully saturated rings. The van der Waals surface area contributed by atoms with E-state index in [4.69, 9.17) is 18.9 Å². The van der Waals surface area contributed by atoms with Crippen molar-refractivity contribution in [2.45, 2.75) is 325 Å². The molecular weight excluding hydrogens is 907 g/mol. The first-order valence-corrected chi connectivity index (χ1v) is 29.4. The molecule has 12 atom stereocenters. The minimum atomic E-state index is -1.78. The summed E-state index contributed by atoms with van der Waals surface area (Å²) in [6.45, 7) is 2.73. The Bertz CT molecular complexity index is 1240. The molecule has 0 aliphatic carbocycles. The predicted molar refractivity (Wildman–Crippen MR) is 282 cm³/mol. The molecule has 0 bridgehead atoms. The maximum atomic E-state index is 13.0. The third-order valence-corrected chi connectivity index (χ3v) is 14.7. The van der Waals surface area contributed by atoms with Crippen LogP contribution in [0, 0.1) is 0 Å². The number of unbranched alkanes of at least 4 members (excludes halogenated alkanes) is 34. The average molecular weight is 1020 g/mol. The van der Waals surface area contributed by atoms with Crippen molar-refractivity contribution >= 4 is 5.91 Å². The lowest BCUT2D eigenvalue weighted by Crippen LogP contribution is -2.65. The van der Waals surface area contributed by atoms with Crippen LogP contribution in [0.2, 0.25) is 0 Å². The molecule has 71 heavy (non-hydrogen) atoms. The van der Waals surface area contributed by atoms with Crippen LogP contribution in [0.3, 0.4) is 0 Å². The lowest BCUT2D eigenvalue weighted by molar-refractivity contribution is -0.359. The topological polar surface area (TPSA) is 228 Å². The van der Waals surface area contributed by atoms with Crippen molar-refractivity contribution in [1.82, 2.24) is 5.32 Å². The molecule has 0 saturated carbocycles. The second-order valence-electron chi connectivity index (χ2n) is 21.1. The highest BCUT2D eigenvalue weighted by atomic mass is 16.7. The van der Waals surface area contributed by atoms with Crippen LogP contribution < -0.4 is 5.32 Å². The van der Waals surface area contributed by atoms with Gasteiger partial charge in [0.25, 0.3) is 0 Å². The number of nitrogens with one attached hydrogen (secondary N) is 1. The Morgan fingerprint density at radius 2 is 0.873 bits per heavy atom. The number of carbonyl (C=O) groups is 1. The summed E-state index contributed by atoms with van der Waals surface area (Å²) in [7, 11) is 0. The first-order valence-electron chi connectivity index (χ1n) is 29.4. The van der Waals surface area contributed by atoms with Crippen LogP contribution >= 0.6 is 0 Å². The van der Waals surface area contributed by atoms with E-state index in [2.05, 4.69) is 19.2 Å². The van der Waals surface area contributed by atoms with Gasteiger partial charge in [-0.25, -0.2) is 0 Å². The van der Waals surface area contributed by atoms with Gasteiger partial charge in [-0.3, -0.25) is 4.79 Å². The van der Waals surface area contributed by atoms with Gasteiger partial charge in [0.15, 0.2) is 12.6 Å². The molecule has 9 N–H and O–H groups in total. The number of aliphatic hydroxyl groups excluding tert-OH is 8. The number of hydrogen-bond donors (Lipinski definition) is 9. The molecular formula is C57H109NO13. The molecule has 2 heterocycles. The van der Waals surface area contributed by atoms with Gasteiger partial charge in [0.05, 0.1) is 32.0 Å². The first-order chi connectivity index (χ1) is 34.6. The molecule has 0 aromatic heterocycles. The summed E-state index contributed by atoms with van der Waals surface area (Å²) >= 11 is 0. The van der Waals surface area contributed by atoms with Gasteiger partial charge in [-0.2, -0.15) is 0 Å². The maximum Gasteiger partial charge on any atom is 0.220 e. The van der Waals surface area contributed by atoms with Crippen LogP contribution in [0.1, 0.15) is 251 Å². The van der Waals surface area contributed by atoms with Gasteiger partial charge >= 0.3 is 0 Å². The number of carbonyl (C=O) groups excluding carboxylic acids is 1. The van der Waals surface area contributed by atoms with Crippen molar-refractivity contribution in [1.29, 1.82) is 0 Å². The van der Waals surface area contributed by atoms with Crippen LogP contribution in [0.4, 0.5) is 0 Å². The van der Waals surface area contributed by atoms with Gasteiger partial charge < -0.3 is 65.1 Å². The molecule has 12 unspecified atom stereocenters. The second-order valence-corrected chi connectivity index (χ2v) is 21.1. The van der Waals surface area contributed by atoms with Crippen molar-refractivity contribution in [3.63, 3.8) is 0 Å². The van der Waals surface area contributed by atoms with Gasteiger partial charge in [0, 0.05) is 6.42 Å². The Hall–Kier alpha value is -1.27. The summed E-state index contributed by atoms with van der Waals surface area (Å²) < 4.78 is 22.6. The summed E-state index contributed by atoms with van der Waals surface area (Å²) in [5.41, 5.74) is 0. The molecule has 2 saturated heterocycles. The molecule has 1 amide bonds. The Kier molecular flexibility index (Phi) is 40.7. The zero-order valence-electron chi connectivity index (χ0n) is 45.0. The number of amides is 1. The summed E-state index contributed by atoms with van der Waals surface area (Å²) in [6, 6.07) is -0.906. The van der Waals surface area contributed by atoms with E-state index in [0.29, 0.717) is 6.42 Å². The van der Waals surface area contributed by atoms with E-state index in [9.17, 15) is 45.6 Å². The van der Waals surface area contributed by atoms with E-state index < -0.39 is 86.8 Å². The molecule has 2 aliphatic rings. The van der Waals surface area contributed by atoms with E-state index in [-0.39, 0.29) is 18.9 Å². The van der Waals surface area contributed by atoms with E-state index in [0.717, 1.165) is 51.4 Å². The fourth-order valence-electron chi connectivity index (χ4n) is 9.94. The van der Waals surface area contributed by atoms with Crippen LogP contribution in [-0.2, 0) is 23.7 Å². The third-order valence-electron chi connectivity index (χ3n) is 14.7. The fraction of sp³-hybridized carbons (Fsp3) is 0.947. The van der Waals surface area contributed by atoms with Crippen LogP contribution in [0.5, 0.6) is 0 Å². The van der Waals surface area contributed by atoms with Crippen LogP contribution in [0.15, 0.2) is 12.2 Å². The fourth-order valence-corrected chi connectivity index (χ4v) is 9.94. The zero-order valence-corrected chi connectivity index (χ0v) is 45.0. The molecule has 0 aromatic rings. The molecule has 2 aliphatic heterocycles. The first kappa shape index (κ1) is 65.8. The quantitative estimate of drug-likeness (QED) is 0.0205. The molecule has 2 rings (SSSR count). The normalized spacial score (nSPS) is 25.8. The summed E-state index contributed by atoms with van der Waals surface area (Å²) in [5, 5.41) is 86.6. The zero-order chi connectivity index (χ0) is 51.7. The summed E-state index contributed by atoms with van der Waals surface area (Å²) in [4.78, 5) is 13.0. The average Bonchev–Trinajstić information content (AvgIpc) is 3.37. The lowest BCUT2D eigenvalue weighted by atomic mass is 9.97. The highest BCUT2D eigenvalue weighted by Crippen LogP contribution is 2.30. The van der Waals surface area contributed by atoms with Gasteiger partial charge in [0.2, 0.25) is 5.91 Å². The van der Waals surface area contributed by atoms with Crippen molar-refractivity contribution in [2.75, 3.05) is 19.8 Å². The van der Waals surface area contributed by atoms with Gasteiger partial charge in [0.1, 0.15) is 48.8 Å². The van der Waals surface area contributed by atoms with Crippen LogP contribution in [0.25, 0.3) is 0 Å².